The van der Waals surface area contributed by atoms with Gasteiger partial charge in [0.2, 0.25) is 5.88 Å². The first-order valence-corrected chi connectivity index (χ1v) is 5.99. The molecular formula is C12H11BrN2O2. The quantitative estimate of drug-likeness (QED) is 0.894. The second kappa shape index (κ2) is 4.71. The van der Waals surface area contributed by atoms with Crippen LogP contribution in [0.2, 0.25) is 0 Å². The molecule has 2 rings (SSSR count). The summed E-state index contributed by atoms with van der Waals surface area (Å²) in [4.78, 5) is 18.3. The fourth-order valence-corrected chi connectivity index (χ4v) is 1.98. The topological polar surface area (TPSA) is 66.0 Å². The Balaban J connectivity index is 2.58. The first-order valence-electron chi connectivity index (χ1n) is 5.20. The first-order chi connectivity index (χ1) is 8.11. The molecule has 0 aliphatic carbocycles. The van der Waals surface area contributed by atoms with Crippen LogP contribution in [-0.2, 0) is 6.42 Å². The summed E-state index contributed by atoms with van der Waals surface area (Å²) in [6.07, 6.45) is 0.451. The highest BCUT2D eigenvalue weighted by molar-refractivity contribution is 9.10. The molecular weight excluding hydrogens is 284 g/mol. The molecule has 1 aromatic carbocycles. The number of aromatic hydroxyl groups is 1. The van der Waals surface area contributed by atoms with Crippen molar-refractivity contribution in [2.75, 3.05) is 0 Å². The van der Waals surface area contributed by atoms with E-state index in [1.54, 1.807) is 6.92 Å². The fourth-order valence-electron chi connectivity index (χ4n) is 1.58. The zero-order valence-electron chi connectivity index (χ0n) is 9.20. The molecule has 2 aromatic rings. The van der Waals surface area contributed by atoms with Crippen molar-refractivity contribution >= 4 is 15.9 Å². The van der Waals surface area contributed by atoms with Crippen molar-refractivity contribution in [3.8, 4) is 17.3 Å². The lowest BCUT2D eigenvalue weighted by Gasteiger charge is -2.04. The van der Waals surface area contributed by atoms with Gasteiger partial charge in [0.15, 0.2) is 0 Å². The molecule has 0 saturated carbocycles. The Morgan fingerprint density at radius 3 is 2.82 bits per heavy atom. The van der Waals surface area contributed by atoms with Gasteiger partial charge in [-0.05, 0) is 18.6 Å². The fraction of sp³-hybridized carbons (Fsp3) is 0.167. The number of rotatable bonds is 2. The third-order valence-corrected chi connectivity index (χ3v) is 2.94. The van der Waals surface area contributed by atoms with Crippen molar-refractivity contribution in [3.63, 3.8) is 0 Å². The Morgan fingerprint density at radius 1 is 1.47 bits per heavy atom. The lowest BCUT2D eigenvalue weighted by molar-refractivity contribution is 0.444. The molecule has 0 amide bonds. The number of nitrogens with zero attached hydrogens (tertiary/aromatic N) is 1. The number of benzene rings is 1. The van der Waals surface area contributed by atoms with Crippen LogP contribution in [0.1, 0.15) is 12.5 Å². The summed E-state index contributed by atoms with van der Waals surface area (Å²) in [5.41, 5.74) is 0.758. The molecule has 4 nitrogen and oxygen atoms in total. The van der Waals surface area contributed by atoms with E-state index in [0.29, 0.717) is 17.8 Å². The minimum atomic E-state index is -0.296. The van der Waals surface area contributed by atoms with E-state index in [4.69, 9.17) is 0 Å². The van der Waals surface area contributed by atoms with E-state index in [2.05, 4.69) is 25.9 Å². The smallest absolute Gasteiger partial charge is 0.258 e. The number of hydrogen-bond donors (Lipinski definition) is 2. The maximum atomic E-state index is 11.7. The normalized spacial score (nSPS) is 10.5. The minimum Gasteiger partial charge on any atom is -0.493 e. The Kier molecular flexibility index (Phi) is 3.28. The molecule has 88 valence electrons. The molecule has 0 bridgehead atoms. The monoisotopic (exact) mass is 294 g/mol. The van der Waals surface area contributed by atoms with Gasteiger partial charge in [-0.3, -0.25) is 4.79 Å². The van der Waals surface area contributed by atoms with Gasteiger partial charge < -0.3 is 10.1 Å². The van der Waals surface area contributed by atoms with Gasteiger partial charge in [0, 0.05) is 10.0 Å². The van der Waals surface area contributed by atoms with Gasteiger partial charge >= 0.3 is 0 Å². The summed E-state index contributed by atoms with van der Waals surface area (Å²) in [6, 6.07) is 7.35. The predicted octanol–water partition coefficient (Wildman–Crippen LogP) is 2.47. The van der Waals surface area contributed by atoms with Crippen LogP contribution in [-0.4, -0.2) is 15.1 Å². The molecule has 0 atom stereocenters. The molecule has 0 spiro atoms. The predicted molar refractivity (Wildman–Crippen MR) is 69.0 cm³/mol. The average Bonchev–Trinajstić information content (AvgIpc) is 2.28. The summed E-state index contributed by atoms with van der Waals surface area (Å²) in [7, 11) is 0. The Hall–Kier alpha value is -1.62. The maximum Gasteiger partial charge on any atom is 0.258 e. The van der Waals surface area contributed by atoms with Crippen LogP contribution in [0.25, 0.3) is 11.4 Å². The second-order valence-corrected chi connectivity index (χ2v) is 4.50. The van der Waals surface area contributed by atoms with Crippen molar-refractivity contribution < 1.29 is 5.11 Å². The van der Waals surface area contributed by atoms with Gasteiger partial charge in [-0.1, -0.05) is 35.0 Å². The first kappa shape index (κ1) is 11.9. The van der Waals surface area contributed by atoms with Crippen LogP contribution in [0, 0.1) is 0 Å². The zero-order chi connectivity index (χ0) is 12.4. The largest absolute Gasteiger partial charge is 0.493 e. The second-order valence-electron chi connectivity index (χ2n) is 3.58. The summed E-state index contributed by atoms with van der Waals surface area (Å²) in [5, 5.41) is 9.66. The summed E-state index contributed by atoms with van der Waals surface area (Å²) < 4.78 is 0.886. The Labute approximate surface area is 106 Å². The Morgan fingerprint density at radius 2 is 2.24 bits per heavy atom. The number of halogens is 1. The van der Waals surface area contributed by atoms with Crippen LogP contribution < -0.4 is 5.56 Å². The van der Waals surface area contributed by atoms with E-state index in [1.165, 1.54) is 0 Å². The van der Waals surface area contributed by atoms with Crippen molar-refractivity contribution in [3.05, 3.63) is 44.7 Å². The number of nitrogens with one attached hydrogen (secondary N) is 1. The van der Waals surface area contributed by atoms with E-state index >= 15 is 0 Å². The average molecular weight is 295 g/mol. The zero-order valence-corrected chi connectivity index (χ0v) is 10.8. The summed E-state index contributed by atoms with van der Waals surface area (Å²) in [5.74, 6) is 0.164. The van der Waals surface area contributed by atoms with Gasteiger partial charge in [0.1, 0.15) is 5.82 Å². The molecule has 0 aliphatic heterocycles. The lowest BCUT2D eigenvalue weighted by atomic mass is 10.2. The van der Waals surface area contributed by atoms with Gasteiger partial charge in [-0.25, -0.2) is 0 Å². The van der Waals surface area contributed by atoms with E-state index in [-0.39, 0.29) is 11.4 Å². The third-order valence-electron chi connectivity index (χ3n) is 2.45. The lowest BCUT2D eigenvalue weighted by Crippen LogP contribution is -2.14. The van der Waals surface area contributed by atoms with E-state index in [9.17, 15) is 9.90 Å². The Bertz CT molecular complexity index is 608. The van der Waals surface area contributed by atoms with Crippen LogP contribution in [0.3, 0.4) is 0 Å². The molecule has 0 radical (unpaired) electrons. The number of aromatic nitrogens is 2. The third kappa shape index (κ3) is 2.39. The van der Waals surface area contributed by atoms with E-state index in [1.807, 2.05) is 24.3 Å². The van der Waals surface area contributed by atoms with Crippen LogP contribution >= 0.6 is 15.9 Å². The van der Waals surface area contributed by atoms with Crippen molar-refractivity contribution in [1.29, 1.82) is 0 Å². The van der Waals surface area contributed by atoms with Gasteiger partial charge in [0.05, 0.1) is 5.56 Å². The standard InChI is InChI=1S/C12H11BrN2O2/c1-2-9-11(16)14-10(15-12(9)17)7-4-3-5-8(13)6-7/h3-6H,2H2,1H3,(H2,14,15,16,17). The molecule has 17 heavy (non-hydrogen) atoms. The highest BCUT2D eigenvalue weighted by atomic mass is 79.9. The van der Waals surface area contributed by atoms with Gasteiger partial charge in [-0.15, -0.1) is 0 Å². The number of aromatic amines is 1. The van der Waals surface area contributed by atoms with Gasteiger partial charge in [-0.2, -0.15) is 4.98 Å². The highest BCUT2D eigenvalue weighted by Crippen LogP contribution is 2.21. The molecule has 1 aromatic heterocycles. The van der Waals surface area contributed by atoms with E-state index in [0.717, 1.165) is 10.0 Å². The number of H-pyrrole nitrogens is 1. The number of hydrogen-bond acceptors (Lipinski definition) is 3. The van der Waals surface area contributed by atoms with Crippen LogP contribution in [0.15, 0.2) is 33.5 Å². The van der Waals surface area contributed by atoms with Crippen molar-refractivity contribution in [1.82, 2.24) is 9.97 Å². The highest BCUT2D eigenvalue weighted by Gasteiger charge is 2.09. The molecule has 0 fully saturated rings. The van der Waals surface area contributed by atoms with Crippen molar-refractivity contribution in [2.45, 2.75) is 13.3 Å². The molecule has 1 heterocycles. The van der Waals surface area contributed by atoms with Crippen molar-refractivity contribution in [2.24, 2.45) is 0 Å². The van der Waals surface area contributed by atoms with Crippen LogP contribution in [0.4, 0.5) is 0 Å². The maximum absolute atomic E-state index is 11.7. The minimum absolute atomic E-state index is 0.203. The molecule has 0 saturated heterocycles. The molecule has 2 N–H and O–H groups in total. The van der Waals surface area contributed by atoms with Gasteiger partial charge in [0.25, 0.3) is 5.56 Å². The summed E-state index contributed by atoms with van der Waals surface area (Å²) >= 11 is 3.34. The molecule has 0 unspecified atom stereocenters. The SMILES string of the molecule is CCc1c(O)nc(-c2cccc(Br)c2)[nH]c1=O. The van der Waals surface area contributed by atoms with Crippen LogP contribution in [0.5, 0.6) is 5.88 Å². The molecule has 0 aliphatic rings. The summed E-state index contributed by atoms with van der Waals surface area (Å²) in [6.45, 7) is 1.80. The van der Waals surface area contributed by atoms with E-state index < -0.39 is 0 Å². The molecule has 5 heteroatoms.